The second-order valence-electron chi connectivity index (χ2n) is 5.70. The molecular weight excluding hydrogens is 272 g/mol. The number of benzene rings is 2. The second kappa shape index (κ2) is 7.12. The molecule has 1 amide bonds. The lowest BCUT2D eigenvalue weighted by Crippen LogP contribution is -2.34. The first-order chi connectivity index (χ1) is 10.8. The Morgan fingerprint density at radius 3 is 2.68 bits per heavy atom. The van der Waals surface area contributed by atoms with Gasteiger partial charge in [0.2, 0.25) is 5.91 Å². The van der Waals surface area contributed by atoms with Gasteiger partial charge in [0.15, 0.2) is 0 Å². The Bertz CT molecular complexity index is 624. The first-order valence-electron chi connectivity index (χ1n) is 7.96. The van der Waals surface area contributed by atoms with Crippen molar-refractivity contribution in [3.8, 4) is 0 Å². The van der Waals surface area contributed by atoms with E-state index in [-0.39, 0.29) is 5.91 Å². The average molecular weight is 294 g/mol. The number of fused-ring (bicyclic) bond motifs is 1. The van der Waals surface area contributed by atoms with E-state index in [1.54, 1.807) is 0 Å². The fourth-order valence-electron chi connectivity index (χ4n) is 2.96. The van der Waals surface area contributed by atoms with E-state index in [0.29, 0.717) is 13.0 Å². The summed E-state index contributed by atoms with van der Waals surface area (Å²) < 4.78 is 0. The summed E-state index contributed by atoms with van der Waals surface area (Å²) in [4.78, 5) is 14.3. The number of aryl methyl sites for hydroxylation is 1. The molecule has 0 atom stereocenters. The number of hydrogen-bond donors (Lipinski definition) is 1. The van der Waals surface area contributed by atoms with Crippen LogP contribution in [-0.4, -0.2) is 25.5 Å². The summed E-state index contributed by atoms with van der Waals surface area (Å²) in [6.07, 6.45) is 2.47. The normalized spacial score (nSPS) is 13.0. The molecule has 0 spiro atoms. The van der Waals surface area contributed by atoms with Crippen molar-refractivity contribution < 1.29 is 4.79 Å². The summed E-state index contributed by atoms with van der Waals surface area (Å²) in [5.41, 5.74) is 3.95. The highest BCUT2D eigenvalue weighted by atomic mass is 16.1. The fraction of sp³-hybridized carbons (Fsp3) is 0.316. The number of amides is 1. The quantitative estimate of drug-likeness (QED) is 0.888. The molecule has 0 fully saturated rings. The molecule has 3 rings (SSSR count). The summed E-state index contributed by atoms with van der Waals surface area (Å²) in [7, 11) is 0. The number of anilines is 1. The van der Waals surface area contributed by atoms with Crippen LogP contribution in [0.1, 0.15) is 17.5 Å². The zero-order chi connectivity index (χ0) is 15.2. The van der Waals surface area contributed by atoms with E-state index in [0.717, 1.165) is 25.9 Å². The first kappa shape index (κ1) is 14.6. The Kier molecular flexibility index (Phi) is 4.74. The van der Waals surface area contributed by atoms with Crippen LogP contribution < -0.4 is 10.2 Å². The van der Waals surface area contributed by atoms with E-state index in [2.05, 4.69) is 46.6 Å². The second-order valence-corrected chi connectivity index (χ2v) is 5.70. The molecule has 1 aliphatic heterocycles. The summed E-state index contributed by atoms with van der Waals surface area (Å²) >= 11 is 0. The number of rotatable bonds is 6. The lowest BCUT2D eigenvalue weighted by atomic mass is 10.1. The molecule has 2 aromatic rings. The van der Waals surface area contributed by atoms with Gasteiger partial charge in [-0.15, -0.1) is 0 Å². The molecule has 3 nitrogen and oxygen atoms in total. The van der Waals surface area contributed by atoms with Crippen LogP contribution in [0.2, 0.25) is 0 Å². The number of para-hydroxylation sites is 1. The molecule has 1 N–H and O–H groups in total. The van der Waals surface area contributed by atoms with Crippen molar-refractivity contribution in [3.63, 3.8) is 0 Å². The molecule has 22 heavy (non-hydrogen) atoms. The van der Waals surface area contributed by atoms with Crippen LogP contribution in [0.5, 0.6) is 0 Å². The smallest absolute Gasteiger partial charge is 0.220 e. The van der Waals surface area contributed by atoms with Gasteiger partial charge in [-0.2, -0.15) is 0 Å². The molecule has 114 valence electrons. The van der Waals surface area contributed by atoms with Crippen LogP contribution in [-0.2, 0) is 17.6 Å². The highest BCUT2D eigenvalue weighted by molar-refractivity contribution is 5.76. The number of nitrogens with zero attached hydrogens (tertiary/aromatic N) is 1. The minimum Gasteiger partial charge on any atom is -0.369 e. The van der Waals surface area contributed by atoms with Gasteiger partial charge in [0.1, 0.15) is 0 Å². The van der Waals surface area contributed by atoms with Crippen molar-refractivity contribution >= 4 is 11.6 Å². The maximum Gasteiger partial charge on any atom is 0.220 e. The molecule has 0 aliphatic carbocycles. The Morgan fingerprint density at radius 1 is 1.05 bits per heavy atom. The van der Waals surface area contributed by atoms with Crippen molar-refractivity contribution in [2.75, 3.05) is 24.5 Å². The number of carbonyl (C=O) groups is 1. The van der Waals surface area contributed by atoms with Gasteiger partial charge in [0.05, 0.1) is 0 Å². The van der Waals surface area contributed by atoms with Gasteiger partial charge in [-0.25, -0.2) is 0 Å². The molecule has 3 heteroatoms. The summed E-state index contributed by atoms with van der Waals surface area (Å²) in [6, 6.07) is 18.7. The molecule has 1 heterocycles. The van der Waals surface area contributed by atoms with Gasteiger partial charge in [-0.1, -0.05) is 48.5 Å². The number of carbonyl (C=O) groups excluding carboxylic acids is 1. The van der Waals surface area contributed by atoms with Crippen LogP contribution in [0.25, 0.3) is 0 Å². The van der Waals surface area contributed by atoms with Crippen molar-refractivity contribution in [1.29, 1.82) is 0 Å². The topological polar surface area (TPSA) is 32.3 Å². The molecule has 0 radical (unpaired) electrons. The molecule has 0 saturated carbocycles. The molecule has 2 aromatic carbocycles. The van der Waals surface area contributed by atoms with Gasteiger partial charge in [-0.05, 0) is 30.0 Å². The summed E-state index contributed by atoms with van der Waals surface area (Å²) in [6.45, 7) is 2.65. The maximum atomic E-state index is 11.9. The highest BCUT2D eigenvalue weighted by Gasteiger charge is 2.17. The van der Waals surface area contributed by atoms with Crippen LogP contribution >= 0.6 is 0 Å². The number of hydrogen-bond acceptors (Lipinski definition) is 2. The molecule has 0 saturated heterocycles. The van der Waals surface area contributed by atoms with Gasteiger partial charge in [0, 0.05) is 31.7 Å². The minimum atomic E-state index is 0.135. The monoisotopic (exact) mass is 294 g/mol. The SMILES string of the molecule is O=C(CCc1ccccc1)NCCN1CCc2ccccc21. The third-order valence-electron chi connectivity index (χ3n) is 4.17. The Labute approximate surface area is 132 Å². The van der Waals surface area contributed by atoms with Crippen molar-refractivity contribution in [2.45, 2.75) is 19.3 Å². The largest absolute Gasteiger partial charge is 0.369 e. The third kappa shape index (κ3) is 3.67. The zero-order valence-electron chi connectivity index (χ0n) is 12.8. The Morgan fingerprint density at radius 2 is 1.82 bits per heavy atom. The summed E-state index contributed by atoms with van der Waals surface area (Å²) in [5, 5.41) is 3.03. The van der Waals surface area contributed by atoms with E-state index >= 15 is 0 Å². The van der Waals surface area contributed by atoms with Crippen molar-refractivity contribution in [2.24, 2.45) is 0 Å². The van der Waals surface area contributed by atoms with Crippen LogP contribution in [0.15, 0.2) is 54.6 Å². The minimum absolute atomic E-state index is 0.135. The molecule has 1 aliphatic rings. The summed E-state index contributed by atoms with van der Waals surface area (Å²) in [5.74, 6) is 0.135. The lowest BCUT2D eigenvalue weighted by molar-refractivity contribution is -0.120. The van der Waals surface area contributed by atoms with E-state index in [9.17, 15) is 4.79 Å². The predicted octanol–water partition coefficient (Wildman–Crippen LogP) is 2.80. The van der Waals surface area contributed by atoms with E-state index in [4.69, 9.17) is 0 Å². The standard InChI is InChI=1S/C19H22N2O/c22-19(11-10-16-6-2-1-3-7-16)20-13-15-21-14-12-17-8-4-5-9-18(17)21/h1-9H,10-15H2,(H,20,22). The van der Waals surface area contributed by atoms with Gasteiger partial charge in [-0.3, -0.25) is 4.79 Å². The Hall–Kier alpha value is -2.29. The van der Waals surface area contributed by atoms with Crippen LogP contribution in [0.4, 0.5) is 5.69 Å². The third-order valence-corrected chi connectivity index (χ3v) is 4.17. The van der Waals surface area contributed by atoms with Crippen LogP contribution in [0, 0.1) is 0 Å². The molecular formula is C19H22N2O. The average Bonchev–Trinajstić information content (AvgIpc) is 2.97. The Balaban J connectivity index is 1.39. The van der Waals surface area contributed by atoms with E-state index in [1.165, 1.54) is 16.8 Å². The maximum absolute atomic E-state index is 11.9. The molecule has 0 bridgehead atoms. The van der Waals surface area contributed by atoms with Gasteiger partial charge >= 0.3 is 0 Å². The lowest BCUT2D eigenvalue weighted by Gasteiger charge is -2.19. The molecule has 0 unspecified atom stereocenters. The predicted molar refractivity (Wildman–Crippen MR) is 90.1 cm³/mol. The zero-order valence-corrected chi connectivity index (χ0v) is 12.8. The molecule has 0 aromatic heterocycles. The van der Waals surface area contributed by atoms with E-state index in [1.807, 2.05) is 18.2 Å². The van der Waals surface area contributed by atoms with Gasteiger partial charge < -0.3 is 10.2 Å². The fourth-order valence-corrected chi connectivity index (χ4v) is 2.96. The van der Waals surface area contributed by atoms with Crippen LogP contribution in [0.3, 0.4) is 0 Å². The van der Waals surface area contributed by atoms with Crippen molar-refractivity contribution in [1.82, 2.24) is 5.32 Å². The number of nitrogens with one attached hydrogen (secondary N) is 1. The van der Waals surface area contributed by atoms with Gasteiger partial charge in [0.25, 0.3) is 0 Å². The van der Waals surface area contributed by atoms with E-state index < -0.39 is 0 Å². The first-order valence-corrected chi connectivity index (χ1v) is 7.96. The van der Waals surface area contributed by atoms with Crippen molar-refractivity contribution in [3.05, 3.63) is 65.7 Å². The highest BCUT2D eigenvalue weighted by Crippen LogP contribution is 2.26.